The molecule has 1 aromatic rings. The molecule has 28 heavy (non-hydrogen) atoms. The van der Waals surface area contributed by atoms with Gasteiger partial charge in [-0.2, -0.15) is 0 Å². The van der Waals surface area contributed by atoms with Crippen molar-refractivity contribution in [2.75, 3.05) is 50.7 Å². The maximum Gasteiger partial charge on any atom is 0.191 e. The lowest BCUT2D eigenvalue weighted by atomic mass is 10.2. The van der Waals surface area contributed by atoms with Crippen molar-refractivity contribution >= 4 is 11.6 Å². The van der Waals surface area contributed by atoms with Gasteiger partial charge >= 0.3 is 0 Å². The highest BCUT2D eigenvalue weighted by molar-refractivity contribution is 5.80. The Kier molecular flexibility index (Phi) is 7.98. The van der Waals surface area contributed by atoms with Crippen LogP contribution in [0.25, 0.3) is 0 Å². The van der Waals surface area contributed by atoms with Crippen LogP contribution in [-0.4, -0.2) is 74.9 Å². The van der Waals surface area contributed by atoms with E-state index in [0.717, 1.165) is 64.6 Å². The molecule has 2 fully saturated rings. The molecule has 1 aromatic carbocycles. The standard InChI is InChI=1S/C22H37N5O/c1-4-23-22(24-12-8-13-26-15-18(2)28-19(3)16-26)25-20-11-14-27(17-20)21-9-6-5-7-10-21/h5-7,9-10,18-20H,4,8,11-17H2,1-3H3,(H2,23,24,25). The number of nitrogens with zero attached hydrogens (tertiary/aromatic N) is 3. The predicted molar refractivity (Wildman–Crippen MR) is 117 cm³/mol. The van der Waals surface area contributed by atoms with Gasteiger partial charge in [-0.1, -0.05) is 18.2 Å². The quantitative estimate of drug-likeness (QED) is 0.427. The minimum absolute atomic E-state index is 0.334. The molecule has 0 aliphatic carbocycles. The fourth-order valence-corrected chi connectivity index (χ4v) is 4.22. The molecule has 0 saturated carbocycles. The molecule has 3 atom stereocenters. The average molecular weight is 388 g/mol. The van der Waals surface area contributed by atoms with E-state index >= 15 is 0 Å². The number of morpholine rings is 1. The van der Waals surface area contributed by atoms with E-state index in [9.17, 15) is 0 Å². The Bertz CT molecular complexity index is 598. The van der Waals surface area contributed by atoms with Gasteiger partial charge in [-0.15, -0.1) is 0 Å². The third kappa shape index (κ3) is 6.38. The second-order valence-corrected chi connectivity index (χ2v) is 8.04. The zero-order chi connectivity index (χ0) is 19.8. The summed E-state index contributed by atoms with van der Waals surface area (Å²) >= 11 is 0. The summed E-state index contributed by atoms with van der Waals surface area (Å²) in [4.78, 5) is 9.76. The number of nitrogens with one attached hydrogen (secondary N) is 2. The molecule has 2 aliphatic heterocycles. The first-order chi connectivity index (χ1) is 13.6. The first kappa shape index (κ1) is 20.9. The third-order valence-corrected chi connectivity index (χ3v) is 5.39. The molecule has 6 nitrogen and oxygen atoms in total. The Balaban J connectivity index is 1.43. The zero-order valence-corrected chi connectivity index (χ0v) is 17.7. The van der Waals surface area contributed by atoms with Crippen LogP contribution in [0.2, 0.25) is 0 Å². The third-order valence-electron chi connectivity index (χ3n) is 5.39. The summed E-state index contributed by atoms with van der Waals surface area (Å²) in [5, 5.41) is 7.04. The highest BCUT2D eigenvalue weighted by Crippen LogP contribution is 2.19. The van der Waals surface area contributed by atoms with Crippen molar-refractivity contribution in [3.8, 4) is 0 Å². The number of anilines is 1. The molecule has 2 saturated heterocycles. The van der Waals surface area contributed by atoms with E-state index in [1.165, 1.54) is 5.69 Å². The Hall–Kier alpha value is -1.79. The molecule has 2 heterocycles. The summed E-state index contributed by atoms with van der Waals surface area (Å²) in [6, 6.07) is 11.1. The van der Waals surface area contributed by atoms with Crippen molar-refractivity contribution in [1.82, 2.24) is 15.5 Å². The van der Waals surface area contributed by atoms with Crippen LogP contribution in [0.3, 0.4) is 0 Å². The van der Waals surface area contributed by atoms with Crippen molar-refractivity contribution in [2.24, 2.45) is 4.99 Å². The molecule has 156 valence electrons. The fourth-order valence-electron chi connectivity index (χ4n) is 4.22. The van der Waals surface area contributed by atoms with Crippen molar-refractivity contribution in [1.29, 1.82) is 0 Å². The minimum atomic E-state index is 0.334. The van der Waals surface area contributed by atoms with Crippen molar-refractivity contribution < 1.29 is 4.74 Å². The van der Waals surface area contributed by atoms with Gasteiger partial charge in [-0.05, 0) is 45.7 Å². The van der Waals surface area contributed by atoms with Crippen LogP contribution in [0.1, 0.15) is 33.6 Å². The number of guanidine groups is 1. The number of para-hydroxylation sites is 1. The van der Waals surface area contributed by atoms with Crippen LogP contribution >= 0.6 is 0 Å². The van der Waals surface area contributed by atoms with Crippen molar-refractivity contribution in [3.05, 3.63) is 30.3 Å². The number of rotatable bonds is 7. The number of benzene rings is 1. The van der Waals surface area contributed by atoms with Crippen LogP contribution in [0.15, 0.2) is 35.3 Å². The fraction of sp³-hybridized carbons (Fsp3) is 0.682. The lowest BCUT2D eigenvalue weighted by Crippen LogP contribution is -2.46. The van der Waals surface area contributed by atoms with E-state index in [4.69, 9.17) is 9.73 Å². The van der Waals surface area contributed by atoms with E-state index in [2.05, 4.69) is 71.5 Å². The minimum Gasteiger partial charge on any atom is -0.373 e. The molecule has 3 rings (SSSR count). The van der Waals surface area contributed by atoms with Gasteiger partial charge in [0.2, 0.25) is 0 Å². The van der Waals surface area contributed by atoms with Crippen molar-refractivity contribution in [3.63, 3.8) is 0 Å². The van der Waals surface area contributed by atoms with Gasteiger partial charge in [0.15, 0.2) is 5.96 Å². The SMILES string of the molecule is CCNC(=NCCCN1CC(C)OC(C)C1)NC1CCN(c2ccccc2)C1. The average Bonchev–Trinajstić information content (AvgIpc) is 3.14. The Labute approximate surface area is 170 Å². The van der Waals surface area contributed by atoms with Gasteiger partial charge < -0.3 is 20.3 Å². The first-order valence-corrected chi connectivity index (χ1v) is 10.9. The zero-order valence-electron chi connectivity index (χ0n) is 17.7. The Morgan fingerprint density at radius 3 is 2.61 bits per heavy atom. The van der Waals surface area contributed by atoms with Crippen molar-refractivity contribution in [2.45, 2.75) is 51.9 Å². The summed E-state index contributed by atoms with van der Waals surface area (Å²) in [5.74, 6) is 0.950. The summed E-state index contributed by atoms with van der Waals surface area (Å²) < 4.78 is 5.81. The monoisotopic (exact) mass is 387 g/mol. The molecular weight excluding hydrogens is 350 g/mol. The van der Waals surface area contributed by atoms with Crippen LogP contribution < -0.4 is 15.5 Å². The molecule has 0 spiro atoms. The van der Waals surface area contributed by atoms with Gasteiger partial charge in [-0.25, -0.2) is 0 Å². The number of aliphatic imine (C=N–C) groups is 1. The molecule has 0 bridgehead atoms. The number of hydrogen-bond acceptors (Lipinski definition) is 4. The van der Waals surface area contributed by atoms with Gasteiger partial charge in [-0.3, -0.25) is 9.89 Å². The number of ether oxygens (including phenoxy) is 1. The normalized spacial score (nSPS) is 26.5. The van der Waals surface area contributed by atoms with E-state index in [-0.39, 0.29) is 0 Å². The lowest BCUT2D eigenvalue weighted by molar-refractivity contribution is -0.0679. The molecule has 6 heteroatoms. The summed E-state index contributed by atoms with van der Waals surface area (Å²) in [5.41, 5.74) is 1.31. The van der Waals surface area contributed by atoms with Crippen LogP contribution in [0.5, 0.6) is 0 Å². The Morgan fingerprint density at radius 2 is 1.89 bits per heavy atom. The molecule has 2 aliphatic rings. The molecule has 0 radical (unpaired) electrons. The smallest absolute Gasteiger partial charge is 0.191 e. The van der Waals surface area contributed by atoms with E-state index < -0.39 is 0 Å². The molecule has 0 aromatic heterocycles. The lowest BCUT2D eigenvalue weighted by Gasteiger charge is -2.35. The highest BCUT2D eigenvalue weighted by Gasteiger charge is 2.23. The maximum absolute atomic E-state index is 5.81. The van der Waals surface area contributed by atoms with E-state index in [1.807, 2.05) is 0 Å². The highest BCUT2D eigenvalue weighted by atomic mass is 16.5. The maximum atomic E-state index is 5.81. The van der Waals surface area contributed by atoms with E-state index in [1.54, 1.807) is 0 Å². The van der Waals surface area contributed by atoms with Gasteiger partial charge in [0.1, 0.15) is 0 Å². The largest absolute Gasteiger partial charge is 0.373 e. The van der Waals surface area contributed by atoms with Crippen LogP contribution in [0.4, 0.5) is 5.69 Å². The van der Waals surface area contributed by atoms with Gasteiger partial charge in [0.05, 0.1) is 12.2 Å². The first-order valence-electron chi connectivity index (χ1n) is 10.9. The van der Waals surface area contributed by atoms with E-state index in [0.29, 0.717) is 18.2 Å². The second-order valence-electron chi connectivity index (χ2n) is 8.04. The van der Waals surface area contributed by atoms with Gasteiger partial charge in [0, 0.05) is 57.5 Å². The molecule has 0 amide bonds. The molecular formula is C22H37N5O. The second kappa shape index (κ2) is 10.7. The van der Waals surface area contributed by atoms with Crippen LogP contribution in [-0.2, 0) is 4.74 Å². The summed E-state index contributed by atoms with van der Waals surface area (Å²) in [7, 11) is 0. The topological polar surface area (TPSA) is 52.1 Å². The summed E-state index contributed by atoms with van der Waals surface area (Å²) in [6.07, 6.45) is 2.89. The Morgan fingerprint density at radius 1 is 1.14 bits per heavy atom. The summed E-state index contributed by atoms with van der Waals surface area (Å²) in [6.45, 7) is 13.5. The van der Waals surface area contributed by atoms with Gasteiger partial charge in [0.25, 0.3) is 0 Å². The van der Waals surface area contributed by atoms with Crippen LogP contribution in [0, 0.1) is 0 Å². The molecule has 3 unspecified atom stereocenters. The molecule has 2 N–H and O–H groups in total. The number of hydrogen-bond donors (Lipinski definition) is 2. The predicted octanol–water partition coefficient (Wildman–Crippen LogP) is 2.32.